The van der Waals surface area contributed by atoms with Gasteiger partial charge in [0.05, 0.1) is 0 Å². The minimum absolute atomic E-state index is 0.0369. The Labute approximate surface area is 107 Å². The Morgan fingerprint density at radius 1 is 0.889 bits per heavy atom. The fourth-order valence-electron chi connectivity index (χ4n) is 2.45. The molecule has 0 heteroatoms. The molecule has 0 aromatic heterocycles. The molecule has 3 aromatic rings. The Kier molecular flexibility index (Phi) is 2.54. The average molecular weight is 229 g/mol. The first-order chi connectivity index (χ1) is 8.79. The van der Waals surface area contributed by atoms with Gasteiger partial charge in [0.2, 0.25) is 0 Å². The quantitative estimate of drug-likeness (QED) is 0.419. The monoisotopic (exact) mass is 229 g/mol. The molecule has 1 atom stereocenters. The van der Waals surface area contributed by atoms with Crippen LogP contribution >= 0.6 is 0 Å². The van der Waals surface area contributed by atoms with E-state index in [0.29, 0.717) is 0 Å². The molecule has 0 saturated heterocycles. The fraction of sp³-hybridized carbons (Fsp3) is 0.111. The van der Waals surface area contributed by atoms with Crippen LogP contribution in [0.15, 0.2) is 54.6 Å². The van der Waals surface area contributed by atoms with Crippen LogP contribution in [0.25, 0.3) is 21.5 Å². The van der Waals surface area contributed by atoms with Gasteiger partial charge in [-0.05, 0) is 52.6 Å². The molecule has 0 aliphatic carbocycles. The van der Waals surface area contributed by atoms with Crippen LogP contribution in [-0.4, -0.2) is 0 Å². The highest BCUT2D eigenvalue weighted by Crippen LogP contribution is 2.29. The summed E-state index contributed by atoms with van der Waals surface area (Å²) in [4.78, 5) is 0. The van der Waals surface area contributed by atoms with Crippen molar-refractivity contribution in [2.45, 2.75) is 12.8 Å². The second-order valence-electron chi connectivity index (χ2n) is 4.63. The molecule has 0 aliphatic rings. The molecule has 3 rings (SSSR count). The Balaban J connectivity index is 2.40. The molecule has 0 fully saturated rings. The lowest BCUT2D eigenvalue weighted by Crippen LogP contribution is -1.91. The number of benzene rings is 3. The van der Waals surface area contributed by atoms with E-state index in [9.17, 15) is 0 Å². The molecule has 0 bridgehead atoms. The highest BCUT2D eigenvalue weighted by atomic mass is 14.1. The topological polar surface area (TPSA) is 0 Å². The fourth-order valence-corrected chi connectivity index (χ4v) is 2.45. The van der Waals surface area contributed by atoms with Crippen molar-refractivity contribution in [3.05, 3.63) is 66.6 Å². The largest absolute Gasteiger partial charge is 0.0812 e. The van der Waals surface area contributed by atoms with Crippen LogP contribution in [0.3, 0.4) is 0 Å². The van der Waals surface area contributed by atoms with Crippen LogP contribution in [0.4, 0.5) is 0 Å². The predicted molar refractivity (Wildman–Crippen MR) is 77.0 cm³/mol. The van der Waals surface area contributed by atoms with Crippen LogP contribution < -0.4 is 0 Å². The zero-order chi connectivity index (χ0) is 12.5. The summed E-state index contributed by atoms with van der Waals surface area (Å²) < 4.78 is 0. The normalized spacial score (nSPS) is 12.4. The molecule has 18 heavy (non-hydrogen) atoms. The van der Waals surface area contributed by atoms with Gasteiger partial charge in [0.25, 0.3) is 0 Å². The predicted octanol–water partition coefficient (Wildman–Crippen LogP) is 4.69. The lowest BCUT2D eigenvalue weighted by atomic mass is 9.93. The molecule has 85 valence electrons. The first-order valence-electron chi connectivity index (χ1n) is 6.13. The first kappa shape index (κ1) is 10.9. The minimum Gasteiger partial charge on any atom is -0.0812 e. The SMILES string of the molecule is [C]#CC(C)c1cccc2cc3ccccc3cc12. The molecule has 3 aromatic carbocycles. The lowest BCUT2D eigenvalue weighted by molar-refractivity contribution is 1.02. The highest BCUT2D eigenvalue weighted by molar-refractivity contribution is 5.99. The molecule has 0 amide bonds. The van der Waals surface area contributed by atoms with E-state index < -0.39 is 0 Å². The van der Waals surface area contributed by atoms with Crippen LogP contribution in [0, 0.1) is 12.3 Å². The van der Waals surface area contributed by atoms with Crippen LogP contribution in [-0.2, 0) is 0 Å². The molecule has 0 N–H and O–H groups in total. The number of fused-ring (bicyclic) bond motifs is 2. The second-order valence-corrected chi connectivity index (χ2v) is 4.63. The van der Waals surface area contributed by atoms with Gasteiger partial charge in [0, 0.05) is 5.92 Å². The van der Waals surface area contributed by atoms with Gasteiger partial charge in [-0.15, -0.1) is 0 Å². The van der Waals surface area contributed by atoms with Crippen molar-refractivity contribution >= 4 is 21.5 Å². The molecule has 0 saturated carbocycles. The van der Waals surface area contributed by atoms with Crippen molar-refractivity contribution < 1.29 is 0 Å². The Morgan fingerprint density at radius 3 is 2.28 bits per heavy atom. The summed E-state index contributed by atoms with van der Waals surface area (Å²) in [6.45, 7) is 2.01. The van der Waals surface area contributed by atoms with E-state index >= 15 is 0 Å². The van der Waals surface area contributed by atoms with Gasteiger partial charge in [0.1, 0.15) is 0 Å². The smallest absolute Gasteiger partial charge is 0.0440 e. The van der Waals surface area contributed by atoms with Crippen molar-refractivity contribution in [1.29, 1.82) is 0 Å². The van der Waals surface area contributed by atoms with Gasteiger partial charge in [-0.25, -0.2) is 0 Å². The maximum Gasteiger partial charge on any atom is 0.0440 e. The summed E-state index contributed by atoms with van der Waals surface area (Å²) in [5.74, 6) is 2.61. The van der Waals surface area contributed by atoms with E-state index in [1.165, 1.54) is 27.1 Å². The summed E-state index contributed by atoms with van der Waals surface area (Å²) in [5.41, 5.74) is 1.17. The van der Waals surface area contributed by atoms with E-state index in [1.807, 2.05) is 6.92 Å². The highest BCUT2D eigenvalue weighted by Gasteiger charge is 2.07. The maximum atomic E-state index is 7.33. The molecule has 0 aliphatic heterocycles. The third-order valence-corrected chi connectivity index (χ3v) is 3.46. The zero-order valence-electron chi connectivity index (χ0n) is 10.3. The summed E-state index contributed by atoms with van der Waals surface area (Å²) in [7, 11) is 0. The molecule has 1 radical (unpaired) electrons. The van der Waals surface area contributed by atoms with Crippen molar-refractivity contribution in [3.63, 3.8) is 0 Å². The first-order valence-corrected chi connectivity index (χ1v) is 6.13. The molecule has 0 nitrogen and oxygen atoms in total. The standard InChI is InChI=1S/C18H13/c1-3-13(2)17-10-6-9-16-11-14-7-4-5-8-15(14)12-18(16)17/h4-13H,2H3. The zero-order valence-corrected chi connectivity index (χ0v) is 10.3. The van der Waals surface area contributed by atoms with Gasteiger partial charge in [0.15, 0.2) is 0 Å². The van der Waals surface area contributed by atoms with E-state index in [0.717, 1.165) is 0 Å². The van der Waals surface area contributed by atoms with E-state index in [-0.39, 0.29) is 5.92 Å². The van der Waals surface area contributed by atoms with Crippen molar-refractivity contribution in [2.75, 3.05) is 0 Å². The summed E-state index contributed by atoms with van der Waals surface area (Å²) >= 11 is 0. The molecule has 0 heterocycles. The average Bonchev–Trinajstić information content (AvgIpc) is 2.43. The molecular weight excluding hydrogens is 216 g/mol. The number of hydrogen-bond donors (Lipinski definition) is 0. The minimum atomic E-state index is 0.0369. The molecule has 1 unspecified atom stereocenters. The maximum absolute atomic E-state index is 7.33. The van der Waals surface area contributed by atoms with Gasteiger partial charge < -0.3 is 0 Å². The van der Waals surface area contributed by atoms with E-state index in [4.69, 9.17) is 6.42 Å². The third-order valence-electron chi connectivity index (χ3n) is 3.46. The third kappa shape index (κ3) is 1.65. The van der Waals surface area contributed by atoms with Crippen molar-refractivity contribution in [3.8, 4) is 5.92 Å². The molecule has 0 spiro atoms. The van der Waals surface area contributed by atoms with Gasteiger partial charge in [-0.1, -0.05) is 48.4 Å². The van der Waals surface area contributed by atoms with Crippen LogP contribution in [0.1, 0.15) is 18.4 Å². The van der Waals surface area contributed by atoms with Crippen LogP contribution in [0.5, 0.6) is 0 Å². The van der Waals surface area contributed by atoms with E-state index in [1.54, 1.807) is 0 Å². The molecular formula is C18H13. The lowest BCUT2D eigenvalue weighted by Gasteiger charge is -2.10. The number of rotatable bonds is 1. The number of hydrogen-bond acceptors (Lipinski definition) is 0. The van der Waals surface area contributed by atoms with Crippen molar-refractivity contribution in [1.82, 2.24) is 0 Å². The Bertz CT molecular complexity index is 760. The summed E-state index contributed by atoms with van der Waals surface area (Å²) in [6, 6.07) is 19.1. The summed E-state index contributed by atoms with van der Waals surface area (Å²) in [6.07, 6.45) is 7.33. The van der Waals surface area contributed by atoms with Gasteiger partial charge in [-0.2, -0.15) is 0 Å². The summed E-state index contributed by atoms with van der Waals surface area (Å²) in [5, 5.41) is 4.96. The Morgan fingerprint density at radius 2 is 1.56 bits per heavy atom. The van der Waals surface area contributed by atoms with Crippen LogP contribution in [0.2, 0.25) is 0 Å². The van der Waals surface area contributed by atoms with Gasteiger partial charge in [-0.3, -0.25) is 0 Å². The van der Waals surface area contributed by atoms with E-state index in [2.05, 4.69) is 60.5 Å². The van der Waals surface area contributed by atoms with Crippen molar-refractivity contribution in [2.24, 2.45) is 0 Å². The Hall–Kier alpha value is -2.26. The second kappa shape index (κ2) is 4.20. The van der Waals surface area contributed by atoms with Gasteiger partial charge >= 0.3 is 0 Å².